The summed E-state index contributed by atoms with van der Waals surface area (Å²) in [4.78, 5) is 0. The second kappa shape index (κ2) is 7.07. The molecule has 1 fully saturated rings. The van der Waals surface area contributed by atoms with Crippen LogP contribution in [0.3, 0.4) is 0 Å². The maximum absolute atomic E-state index is 10.5. The Kier molecular flexibility index (Phi) is 5.40. The van der Waals surface area contributed by atoms with E-state index in [9.17, 15) is 5.11 Å². The zero-order valence-corrected chi connectivity index (χ0v) is 12.6. The van der Waals surface area contributed by atoms with E-state index in [0.29, 0.717) is 0 Å². The minimum absolute atomic E-state index is 0.0464. The Morgan fingerprint density at radius 3 is 2.95 bits per heavy atom. The van der Waals surface area contributed by atoms with Crippen molar-refractivity contribution in [1.29, 1.82) is 0 Å². The SMILES string of the molecule is COc1ccc(C)cc1C(O)C(C)NCC1CCCO1. The van der Waals surface area contributed by atoms with E-state index < -0.39 is 6.10 Å². The van der Waals surface area contributed by atoms with Gasteiger partial charge >= 0.3 is 0 Å². The average molecular weight is 279 g/mol. The van der Waals surface area contributed by atoms with Gasteiger partial charge in [-0.3, -0.25) is 0 Å². The minimum atomic E-state index is -0.591. The van der Waals surface area contributed by atoms with Crippen molar-refractivity contribution in [3.63, 3.8) is 0 Å². The zero-order valence-electron chi connectivity index (χ0n) is 12.6. The molecule has 0 spiro atoms. The molecule has 0 radical (unpaired) electrons. The molecule has 4 nitrogen and oxygen atoms in total. The van der Waals surface area contributed by atoms with Gasteiger partial charge in [-0.1, -0.05) is 11.6 Å². The van der Waals surface area contributed by atoms with E-state index >= 15 is 0 Å². The molecule has 1 aromatic rings. The maximum atomic E-state index is 10.5. The lowest BCUT2D eigenvalue weighted by Crippen LogP contribution is -2.37. The third-order valence-corrected chi connectivity index (χ3v) is 3.87. The highest BCUT2D eigenvalue weighted by atomic mass is 16.5. The van der Waals surface area contributed by atoms with E-state index in [0.717, 1.165) is 42.9 Å². The minimum Gasteiger partial charge on any atom is -0.496 e. The van der Waals surface area contributed by atoms with Gasteiger partial charge in [0.2, 0.25) is 0 Å². The largest absolute Gasteiger partial charge is 0.496 e. The molecule has 4 heteroatoms. The first-order chi connectivity index (χ1) is 9.61. The predicted molar refractivity (Wildman–Crippen MR) is 79.1 cm³/mol. The van der Waals surface area contributed by atoms with Crippen LogP contribution in [0.5, 0.6) is 5.75 Å². The van der Waals surface area contributed by atoms with Crippen molar-refractivity contribution < 1.29 is 14.6 Å². The van der Waals surface area contributed by atoms with Crippen molar-refractivity contribution in [2.24, 2.45) is 0 Å². The summed E-state index contributed by atoms with van der Waals surface area (Å²) in [6, 6.07) is 5.82. The van der Waals surface area contributed by atoms with Crippen LogP contribution < -0.4 is 10.1 Å². The molecular formula is C16H25NO3. The number of aliphatic hydroxyl groups excluding tert-OH is 1. The number of methoxy groups -OCH3 is 1. The lowest BCUT2D eigenvalue weighted by atomic mass is 10.00. The Balaban J connectivity index is 1.98. The van der Waals surface area contributed by atoms with E-state index in [1.54, 1.807) is 7.11 Å². The standard InChI is InChI=1S/C16H25NO3/c1-11-6-7-15(19-3)14(9-11)16(18)12(2)17-10-13-5-4-8-20-13/h6-7,9,12-13,16-18H,4-5,8,10H2,1-3H3. The van der Waals surface area contributed by atoms with Crippen LogP contribution in [0.4, 0.5) is 0 Å². The van der Waals surface area contributed by atoms with Crippen molar-refractivity contribution >= 4 is 0 Å². The summed E-state index contributed by atoms with van der Waals surface area (Å²) < 4.78 is 10.9. The number of benzene rings is 1. The number of aryl methyl sites for hydroxylation is 1. The van der Waals surface area contributed by atoms with Crippen LogP contribution in [0.15, 0.2) is 18.2 Å². The van der Waals surface area contributed by atoms with Crippen LogP contribution in [0.1, 0.15) is 37.0 Å². The molecule has 3 unspecified atom stereocenters. The molecule has 0 aromatic heterocycles. The molecule has 1 aromatic carbocycles. The molecule has 2 rings (SSSR count). The topological polar surface area (TPSA) is 50.7 Å². The first-order valence-corrected chi connectivity index (χ1v) is 7.29. The number of nitrogens with one attached hydrogen (secondary N) is 1. The second-order valence-electron chi connectivity index (χ2n) is 5.52. The molecule has 0 bridgehead atoms. The molecular weight excluding hydrogens is 254 g/mol. The van der Waals surface area contributed by atoms with Gasteiger partial charge in [0.15, 0.2) is 0 Å². The first-order valence-electron chi connectivity index (χ1n) is 7.29. The van der Waals surface area contributed by atoms with Crippen LogP contribution >= 0.6 is 0 Å². The predicted octanol–water partition coefficient (Wildman–Crippen LogP) is 2.19. The first kappa shape index (κ1) is 15.3. The molecule has 0 saturated carbocycles. The smallest absolute Gasteiger partial charge is 0.124 e. The Morgan fingerprint density at radius 2 is 2.30 bits per heavy atom. The Hall–Kier alpha value is -1.10. The number of hydrogen-bond donors (Lipinski definition) is 2. The highest BCUT2D eigenvalue weighted by Gasteiger charge is 2.22. The molecule has 20 heavy (non-hydrogen) atoms. The van der Waals surface area contributed by atoms with Crippen molar-refractivity contribution in [2.75, 3.05) is 20.3 Å². The number of aliphatic hydroxyl groups is 1. The molecule has 1 saturated heterocycles. The van der Waals surface area contributed by atoms with Crippen molar-refractivity contribution in [3.8, 4) is 5.75 Å². The fraction of sp³-hybridized carbons (Fsp3) is 0.625. The lowest BCUT2D eigenvalue weighted by molar-refractivity contribution is 0.0902. The Bertz CT molecular complexity index is 430. The van der Waals surface area contributed by atoms with Crippen LogP contribution in [0.25, 0.3) is 0 Å². The van der Waals surface area contributed by atoms with Crippen molar-refractivity contribution in [2.45, 2.75) is 44.9 Å². The summed E-state index contributed by atoms with van der Waals surface area (Å²) in [6.45, 7) is 5.64. The summed E-state index contributed by atoms with van der Waals surface area (Å²) in [5.41, 5.74) is 1.95. The Morgan fingerprint density at radius 1 is 1.50 bits per heavy atom. The highest BCUT2D eigenvalue weighted by molar-refractivity contribution is 5.39. The van der Waals surface area contributed by atoms with Crippen molar-refractivity contribution in [3.05, 3.63) is 29.3 Å². The summed E-state index contributed by atoms with van der Waals surface area (Å²) >= 11 is 0. The third-order valence-electron chi connectivity index (χ3n) is 3.87. The molecule has 0 amide bonds. The quantitative estimate of drug-likeness (QED) is 0.838. The molecule has 1 aliphatic rings. The normalized spacial score (nSPS) is 21.7. The van der Waals surface area contributed by atoms with E-state index in [-0.39, 0.29) is 12.1 Å². The Labute approximate surface area is 121 Å². The lowest BCUT2D eigenvalue weighted by Gasteiger charge is -2.24. The molecule has 2 N–H and O–H groups in total. The zero-order chi connectivity index (χ0) is 14.5. The van der Waals surface area contributed by atoms with E-state index in [1.807, 2.05) is 32.0 Å². The highest BCUT2D eigenvalue weighted by Crippen LogP contribution is 2.28. The van der Waals surface area contributed by atoms with Gasteiger partial charge in [0.1, 0.15) is 5.75 Å². The van der Waals surface area contributed by atoms with Gasteiger partial charge in [0.25, 0.3) is 0 Å². The fourth-order valence-corrected chi connectivity index (χ4v) is 2.59. The van der Waals surface area contributed by atoms with Gasteiger partial charge in [-0.2, -0.15) is 0 Å². The van der Waals surface area contributed by atoms with Gasteiger partial charge in [-0.25, -0.2) is 0 Å². The van der Waals surface area contributed by atoms with Crippen LogP contribution in [0.2, 0.25) is 0 Å². The monoisotopic (exact) mass is 279 g/mol. The van der Waals surface area contributed by atoms with Crippen LogP contribution in [-0.2, 0) is 4.74 Å². The van der Waals surface area contributed by atoms with Gasteiger partial charge < -0.3 is 19.9 Å². The summed E-state index contributed by atoms with van der Waals surface area (Å²) in [5.74, 6) is 0.730. The fourth-order valence-electron chi connectivity index (χ4n) is 2.59. The van der Waals surface area contributed by atoms with Crippen LogP contribution in [-0.4, -0.2) is 37.5 Å². The third kappa shape index (κ3) is 3.72. The summed E-state index contributed by atoms with van der Waals surface area (Å²) in [5, 5.41) is 13.9. The molecule has 3 atom stereocenters. The summed E-state index contributed by atoms with van der Waals surface area (Å²) in [6.07, 6.45) is 1.92. The number of rotatable bonds is 6. The van der Waals surface area contributed by atoms with Gasteiger partial charge in [0.05, 0.1) is 19.3 Å². The van der Waals surface area contributed by atoms with E-state index in [2.05, 4.69) is 5.32 Å². The summed E-state index contributed by atoms with van der Waals surface area (Å²) in [7, 11) is 1.63. The maximum Gasteiger partial charge on any atom is 0.124 e. The number of hydrogen-bond acceptors (Lipinski definition) is 4. The van der Waals surface area contributed by atoms with Gasteiger partial charge in [-0.05, 0) is 38.8 Å². The molecule has 0 aliphatic carbocycles. The van der Waals surface area contributed by atoms with Gasteiger partial charge in [0, 0.05) is 24.8 Å². The van der Waals surface area contributed by atoms with Crippen LogP contribution in [0, 0.1) is 6.92 Å². The number of ether oxygens (including phenoxy) is 2. The van der Waals surface area contributed by atoms with Crippen molar-refractivity contribution in [1.82, 2.24) is 5.32 Å². The van der Waals surface area contributed by atoms with Gasteiger partial charge in [-0.15, -0.1) is 0 Å². The molecule has 112 valence electrons. The van der Waals surface area contributed by atoms with E-state index in [4.69, 9.17) is 9.47 Å². The average Bonchev–Trinajstić information content (AvgIpc) is 2.97. The molecule has 1 aliphatic heterocycles. The second-order valence-corrected chi connectivity index (χ2v) is 5.52. The van der Waals surface area contributed by atoms with E-state index in [1.165, 1.54) is 0 Å². The molecule has 1 heterocycles.